The van der Waals surface area contributed by atoms with Gasteiger partial charge in [-0.15, -0.1) is 0 Å². The van der Waals surface area contributed by atoms with Crippen LogP contribution >= 0.6 is 0 Å². The van der Waals surface area contributed by atoms with Crippen molar-refractivity contribution in [3.63, 3.8) is 0 Å². The quantitative estimate of drug-likeness (QED) is 0.541. The minimum atomic E-state index is -0.356. The second-order valence-corrected chi connectivity index (χ2v) is 2.87. The minimum absolute atomic E-state index is 0.0993. The molecule has 0 bridgehead atoms. The lowest BCUT2D eigenvalue weighted by Gasteiger charge is -2.02. The van der Waals surface area contributed by atoms with Crippen LogP contribution in [0.4, 0.5) is 0 Å². The summed E-state index contributed by atoms with van der Waals surface area (Å²) in [5, 5.41) is 0. The molecule has 0 unspecified atom stereocenters. The fourth-order valence-corrected chi connectivity index (χ4v) is 1.00. The molecule has 0 heterocycles. The van der Waals surface area contributed by atoms with Gasteiger partial charge in [-0.25, -0.2) is 0 Å². The molecule has 0 atom stereocenters. The molecule has 0 spiro atoms. The van der Waals surface area contributed by atoms with E-state index in [-0.39, 0.29) is 19.0 Å². The Morgan fingerprint density at radius 2 is 2.07 bits per heavy atom. The molecule has 3 nitrogen and oxygen atoms in total. The Kier molecular flexibility index (Phi) is 4.87. The van der Waals surface area contributed by atoms with E-state index in [0.717, 1.165) is 11.6 Å². The highest BCUT2D eigenvalue weighted by atomic mass is 16.5. The Balaban J connectivity index is 2.28. The number of hydrogen-bond acceptors (Lipinski definition) is 3. The van der Waals surface area contributed by atoms with Crippen LogP contribution < -0.4 is 0 Å². The van der Waals surface area contributed by atoms with Crippen molar-refractivity contribution in [3.05, 3.63) is 48.0 Å². The van der Waals surface area contributed by atoms with Crippen LogP contribution in [-0.2, 0) is 20.9 Å². The lowest BCUT2D eigenvalue weighted by Crippen LogP contribution is -2.02. The minimum Gasteiger partial charge on any atom is -0.461 e. The second kappa shape index (κ2) is 6.54. The molecule has 1 rings (SSSR count). The van der Waals surface area contributed by atoms with Crippen molar-refractivity contribution < 1.29 is 14.3 Å². The van der Waals surface area contributed by atoms with Gasteiger partial charge >= 0.3 is 5.97 Å². The molecule has 1 aromatic rings. The Labute approximate surface area is 88.4 Å². The third-order valence-corrected chi connectivity index (χ3v) is 1.71. The first-order valence-corrected chi connectivity index (χ1v) is 4.55. The number of ether oxygens (including phenoxy) is 1. The summed E-state index contributed by atoms with van der Waals surface area (Å²) in [5.41, 5.74) is 0.941. The van der Waals surface area contributed by atoms with Crippen molar-refractivity contribution in [3.8, 4) is 0 Å². The summed E-state index contributed by atoms with van der Waals surface area (Å²) in [7, 11) is 0. The summed E-state index contributed by atoms with van der Waals surface area (Å²) >= 11 is 0. The van der Waals surface area contributed by atoms with Crippen LogP contribution in [0.15, 0.2) is 42.5 Å². The zero-order valence-electron chi connectivity index (χ0n) is 8.18. The number of allylic oxidation sites excluding steroid dienone is 1. The van der Waals surface area contributed by atoms with E-state index >= 15 is 0 Å². The molecule has 15 heavy (non-hydrogen) atoms. The van der Waals surface area contributed by atoms with Gasteiger partial charge in [0.25, 0.3) is 0 Å². The van der Waals surface area contributed by atoms with E-state index in [1.54, 1.807) is 6.29 Å². The van der Waals surface area contributed by atoms with E-state index in [4.69, 9.17) is 4.74 Å². The van der Waals surface area contributed by atoms with Crippen LogP contribution in [0.25, 0.3) is 0 Å². The third-order valence-electron chi connectivity index (χ3n) is 1.71. The van der Waals surface area contributed by atoms with Crippen molar-refractivity contribution >= 4 is 12.3 Å². The topological polar surface area (TPSA) is 43.4 Å². The van der Waals surface area contributed by atoms with E-state index in [1.165, 1.54) is 6.08 Å². The number of carbonyl (C=O) groups excluding carboxylic acids is 2. The van der Waals surface area contributed by atoms with Crippen molar-refractivity contribution in [2.24, 2.45) is 0 Å². The summed E-state index contributed by atoms with van der Waals surface area (Å²) in [6.45, 7) is 0.262. The molecule has 0 N–H and O–H groups in total. The molecule has 0 saturated carbocycles. The average Bonchev–Trinajstić information content (AvgIpc) is 2.28. The molecule has 3 heteroatoms. The molecule has 77 valence electrons. The zero-order chi connectivity index (χ0) is 10.9. The Bertz CT molecular complexity index is 341. The number of hydrogen-bond donors (Lipinski definition) is 0. The van der Waals surface area contributed by atoms with E-state index < -0.39 is 0 Å². The predicted octanol–water partition coefficient (Wildman–Crippen LogP) is 1.79. The fourth-order valence-electron chi connectivity index (χ4n) is 1.00. The summed E-state index contributed by atoms with van der Waals surface area (Å²) in [6, 6.07) is 9.41. The molecule has 0 saturated heterocycles. The molecule has 1 radical (unpaired) electrons. The first kappa shape index (κ1) is 11.2. The van der Waals surface area contributed by atoms with E-state index in [9.17, 15) is 9.59 Å². The lowest BCUT2D eigenvalue weighted by atomic mass is 10.2. The highest BCUT2D eigenvalue weighted by molar-refractivity contribution is 5.73. The SMILES string of the molecule is O=[C]/C=C/CC(=O)OCc1ccccc1. The van der Waals surface area contributed by atoms with Gasteiger partial charge in [0.05, 0.1) is 6.42 Å². The first-order valence-electron chi connectivity index (χ1n) is 4.55. The lowest BCUT2D eigenvalue weighted by molar-refractivity contribution is -0.143. The second-order valence-electron chi connectivity index (χ2n) is 2.87. The Morgan fingerprint density at radius 1 is 1.33 bits per heavy atom. The van der Waals surface area contributed by atoms with E-state index in [0.29, 0.717) is 0 Å². The average molecular weight is 203 g/mol. The van der Waals surface area contributed by atoms with Crippen LogP contribution in [0.2, 0.25) is 0 Å². The van der Waals surface area contributed by atoms with Crippen molar-refractivity contribution in [2.75, 3.05) is 0 Å². The normalized spacial score (nSPS) is 10.1. The maximum atomic E-state index is 11.1. The number of esters is 1. The van der Waals surface area contributed by atoms with Crippen molar-refractivity contribution in [1.29, 1.82) is 0 Å². The van der Waals surface area contributed by atoms with Gasteiger partial charge in [-0.3, -0.25) is 9.59 Å². The fraction of sp³-hybridized carbons (Fsp3) is 0.167. The van der Waals surface area contributed by atoms with Crippen molar-refractivity contribution in [2.45, 2.75) is 13.0 Å². The van der Waals surface area contributed by atoms with Gasteiger partial charge in [0.15, 0.2) is 0 Å². The molecule has 1 aromatic carbocycles. The smallest absolute Gasteiger partial charge is 0.309 e. The third kappa shape index (κ3) is 4.76. The molecule has 0 aromatic heterocycles. The summed E-state index contributed by atoms with van der Waals surface area (Å²) < 4.78 is 4.95. The van der Waals surface area contributed by atoms with Crippen LogP contribution in [0, 0.1) is 0 Å². The van der Waals surface area contributed by atoms with Gasteiger partial charge in [-0.2, -0.15) is 0 Å². The number of benzene rings is 1. The van der Waals surface area contributed by atoms with Gasteiger partial charge in [0, 0.05) is 0 Å². The van der Waals surface area contributed by atoms with Crippen LogP contribution in [0.1, 0.15) is 12.0 Å². The molecular weight excluding hydrogens is 192 g/mol. The van der Waals surface area contributed by atoms with Crippen LogP contribution in [0.5, 0.6) is 0 Å². The van der Waals surface area contributed by atoms with Gasteiger partial charge in [-0.1, -0.05) is 36.4 Å². The molecule has 0 fully saturated rings. The zero-order valence-corrected chi connectivity index (χ0v) is 8.18. The monoisotopic (exact) mass is 203 g/mol. The van der Waals surface area contributed by atoms with Crippen molar-refractivity contribution in [1.82, 2.24) is 0 Å². The number of rotatable bonds is 5. The summed E-state index contributed by atoms with van der Waals surface area (Å²) in [6.07, 6.45) is 4.23. The largest absolute Gasteiger partial charge is 0.461 e. The van der Waals surface area contributed by atoms with Crippen LogP contribution in [0.3, 0.4) is 0 Å². The molecule has 0 aliphatic carbocycles. The van der Waals surface area contributed by atoms with Gasteiger partial charge < -0.3 is 4.74 Å². The maximum Gasteiger partial charge on any atom is 0.309 e. The summed E-state index contributed by atoms with van der Waals surface area (Å²) in [4.78, 5) is 20.9. The molecule has 0 aliphatic rings. The van der Waals surface area contributed by atoms with Gasteiger partial charge in [0.2, 0.25) is 6.29 Å². The first-order chi connectivity index (χ1) is 7.33. The highest BCUT2D eigenvalue weighted by Gasteiger charge is 1.99. The molecular formula is C12H11O3. The Morgan fingerprint density at radius 3 is 2.73 bits per heavy atom. The van der Waals surface area contributed by atoms with E-state index in [2.05, 4.69) is 0 Å². The predicted molar refractivity (Wildman–Crippen MR) is 55.7 cm³/mol. The van der Waals surface area contributed by atoms with Gasteiger partial charge in [-0.05, 0) is 11.6 Å². The highest BCUT2D eigenvalue weighted by Crippen LogP contribution is 2.01. The van der Waals surface area contributed by atoms with E-state index in [1.807, 2.05) is 30.3 Å². The number of carbonyl (C=O) groups is 1. The van der Waals surface area contributed by atoms with Gasteiger partial charge in [0.1, 0.15) is 6.61 Å². The maximum absolute atomic E-state index is 11.1. The Hall–Kier alpha value is -1.90. The summed E-state index contributed by atoms with van der Waals surface area (Å²) in [5.74, 6) is -0.356. The molecule has 0 aliphatic heterocycles. The standard InChI is InChI=1S/C12H11O3/c13-9-5-4-8-12(14)15-10-11-6-2-1-3-7-11/h1-7H,8,10H2/b5-4+. The molecule has 0 amide bonds. The van der Waals surface area contributed by atoms with Crippen LogP contribution in [-0.4, -0.2) is 12.3 Å².